The van der Waals surface area contributed by atoms with Crippen LogP contribution in [0.2, 0.25) is 0 Å². The molecule has 2 N–H and O–H groups in total. The van der Waals surface area contributed by atoms with Crippen LogP contribution in [0.4, 0.5) is 0 Å². The summed E-state index contributed by atoms with van der Waals surface area (Å²) in [5.74, 6) is 0.916. The summed E-state index contributed by atoms with van der Waals surface area (Å²) in [6.07, 6.45) is 4.92. The molecule has 0 aliphatic rings. The third-order valence-electron chi connectivity index (χ3n) is 4.88. The van der Waals surface area contributed by atoms with E-state index in [0.29, 0.717) is 0 Å². The lowest BCUT2D eigenvalue weighted by molar-refractivity contribution is 0.175. The van der Waals surface area contributed by atoms with Gasteiger partial charge in [-0.25, -0.2) is 0 Å². The van der Waals surface area contributed by atoms with Crippen LogP contribution in [0, 0.1) is 5.41 Å². The molecule has 0 radical (unpaired) electrons. The average molecular weight is 401 g/mol. The van der Waals surface area contributed by atoms with Crippen LogP contribution in [0.3, 0.4) is 0 Å². The van der Waals surface area contributed by atoms with Crippen molar-refractivity contribution in [2.75, 3.05) is 26.7 Å². The molecule has 0 saturated heterocycles. The summed E-state index contributed by atoms with van der Waals surface area (Å²) < 4.78 is 3.22. The number of rotatable bonds is 9. The van der Waals surface area contributed by atoms with Crippen molar-refractivity contribution >= 4 is 21.9 Å². The molecule has 138 valence electrons. The fourth-order valence-electron chi connectivity index (χ4n) is 2.90. The van der Waals surface area contributed by atoms with E-state index in [1.165, 1.54) is 5.69 Å². The van der Waals surface area contributed by atoms with Gasteiger partial charge in [0.1, 0.15) is 0 Å². The number of halogens is 1. The molecule has 0 atom stereocenters. The third kappa shape index (κ3) is 5.81. The van der Waals surface area contributed by atoms with Gasteiger partial charge in [-0.1, -0.05) is 13.8 Å². The van der Waals surface area contributed by atoms with E-state index in [4.69, 9.17) is 4.99 Å². The summed E-state index contributed by atoms with van der Waals surface area (Å²) in [5, 5.41) is 12.8. The maximum atomic E-state index is 9.39. The molecular formula is C18H33BrN4O. The zero-order valence-corrected chi connectivity index (χ0v) is 17.4. The number of hydrogen-bond acceptors (Lipinski definition) is 2. The van der Waals surface area contributed by atoms with Crippen LogP contribution < -0.4 is 5.32 Å². The average Bonchev–Trinajstić information content (AvgIpc) is 2.87. The second kappa shape index (κ2) is 10.1. The second-order valence-corrected chi connectivity index (χ2v) is 7.38. The van der Waals surface area contributed by atoms with Crippen LogP contribution in [-0.2, 0) is 13.6 Å². The second-order valence-electron chi connectivity index (χ2n) is 6.47. The standard InChI is InChI=1S/C18H33BrN4O/c1-6-18(7-2,9-10-24)14-21-17(20-8-3)23(5)13-16-11-15(19)12-22(16)4/h11-12,24H,6-10,13-14H2,1-5H3,(H,20,21). The number of aryl methyl sites for hydroxylation is 1. The Hall–Kier alpha value is -1.01. The SMILES string of the molecule is CCNC(=NCC(CC)(CC)CCO)N(C)Cc1cc(Br)cn1C. The molecule has 6 heteroatoms. The first-order chi connectivity index (χ1) is 11.4. The van der Waals surface area contributed by atoms with Crippen molar-refractivity contribution < 1.29 is 5.11 Å². The molecule has 0 unspecified atom stereocenters. The van der Waals surface area contributed by atoms with Crippen molar-refractivity contribution in [1.29, 1.82) is 0 Å². The predicted octanol–water partition coefficient (Wildman–Crippen LogP) is 3.37. The lowest BCUT2D eigenvalue weighted by Gasteiger charge is -2.30. The fourth-order valence-corrected chi connectivity index (χ4v) is 3.47. The van der Waals surface area contributed by atoms with E-state index in [1.807, 2.05) is 0 Å². The number of aliphatic hydroxyl groups excluding tert-OH is 1. The van der Waals surface area contributed by atoms with E-state index >= 15 is 0 Å². The molecule has 1 aromatic rings. The van der Waals surface area contributed by atoms with E-state index in [9.17, 15) is 5.11 Å². The minimum absolute atomic E-state index is 0.0876. The van der Waals surface area contributed by atoms with Gasteiger partial charge >= 0.3 is 0 Å². The van der Waals surface area contributed by atoms with Crippen molar-refractivity contribution in [3.8, 4) is 0 Å². The third-order valence-corrected chi connectivity index (χ3v) is 5.31. The highest BCUT2D eigenvalue weighted by Gasteiger charge is 2.25. The maximum Gasteiger partial charge on any atom is 0.194 e. The summed E-state index contributed by atoms with van der Waals surface area (Å²) in [6.45, 7) is 9.05. The predicted molar refractivity (Wildman–Crippen MR) is 105 cm³/mol. The minimum atomic E-state index is 0.0876. The van der Waals surface area contributed by atoms with Gasteiger partial charge in [-0.15, -0.1) is 0 Å². The summed E-state index contributed by atoms with van der Waals surface area (Å²) in [5.41, 5.74) is 1.31. The number of aliphatic imine (C=N–C) groups is 1. The number of hydrogen-bond donors (Lipinski definition) is 2. The van der Waals surface area contributed by atoms with Crippen LogP contribution in [0.1, 0.15) is 45.7 Å². The summed E-state index contributed by atoms with van der Waals surface area (Å²) in [7, 11) is 4.12. The topological polar surface area (TPSA) is 52.8 Å². The Kier molecular flexibility index (Phi) is 8.84. The molecule has 5 nitrogen and oxygen atoms in total. The first kappa shape index (κ1) is 21.0. The molecule has 0 aliphatic carbocycles. The summed E-state index contributed by atoms with van der Waals surface area (Å²) >= 11 is 3.52. The molecule has 0 bridgehead atoms. The number of guanidine groups is 1. The van der Waals surface area contributed by atoms with Crippen LogP contribution in [-0.4, -0.2) is 47.3 Å². The Morgan fingerprint density at radius 1 is 1.38 bits per heavy atom. The van der Waals surface area contributed by atoms with Gasteiger partial charge in [-0.05, 0) is 53.6 Å². The van der Waals surface area contributed by atoms with E-state index in [1.54, 1.807) is 0 Å². The minimum Gasteiger partial charge on any atom is -0.396 e. The molecule has 0 fully saturated rings. The number of nitrogens with zero attached hydrogens (tertiary/aromatic N) is 3. The Labute approximate surface area is 155 Å². The smallest absolute Gasteiger partial charge is 0.194 e. The van der Waals surface area contributed by atoms with Crippen molar-refractivity contribution in [2.24, 2.45) is 17.5 Å². The van der Waals surface area contributed by atoms with Crippen molar-refractivity contribution in [1.82, 2.24) is 14.8 Å². The van der Waals surface area contributed by atoms with E-state index in [2.05, 4.69) is 77.8 Å². The highest BCUT2D eigenvalue weighted by atomic mass is 79.9. The fraction of sp³-hybridized carbons (Fsp3) is 0.722. The summed E-state index contributed by atoms with van der Waals surface area (Å²) in [4.78, 5) is 7.03. The lowest BCUT2D eigenvalue weighted by Crippen LogP contribution is -2.40. The highest BCUT2D eigenvalue weighted by Crippen LogP contribution is 2.30. The van der Waals surface area contributed by atoms with Crippen LogP contribution in [0.5, 0.6) is 0 Å². The van der Waals surface area contributed by atoms with E-state index in [0.717, 1.165) is 49.3 Å². The number of nitrogens with one attached hydrogen (secondary N) is 1. The largest absolute Gasteiger partial charge is 0.396 e. The lowest BCUT2D eigenvalue weighted by atomic mass is 9.79. The molecule has 1 rings (SSSR count). The van der Waals surface area contributed by atoms with Crippen LogP contribution in [0.25, 0.3) is 0 Å². The Bertz CT molecular complexity index is 523. The molecule has 24 heavy (non-hydrogen) atoms. The van der Waals surface area contributed by atoms with Crippen molar-refractivity contribution in [3.63, 3.8) is 0 Å². The van der Waals surface area contributed by atoms with Gasteiger partial charge in [-0.2, -0.15) is 0 Å². The molecule has 0 amide bonds. The van der Waals surface area contributed by atoms with Gasteiger partial charge in [-0.3, -0.25) is 4.99 Å². The van der Waals surface area contributed by atoms with Gasteiger partial charge in [0, 0.05) is 50.2 Å². The Morgan fingerprint density at radius 3 is 2.50 bits per heavy atom. The number of aliphatic hydroxyl groups is 1. The Morgan fingerprint density at radius 2 is 2.04 bits per heavy atom. The Balaban J connectivity index is 2.88. The molecule has 0 spiro atoms. The highest BCUT2D eigenvalue weighted by molar-refractivity contribution is 9.10. The van der Waals surface area contributed by atoms with Gasteiger partial charge in [0.2, 0.25) is 0 Å². The molecule has 1 heterocycles. The van der Waals surface area contributed by atoms with Crippen LogP contribution in [0.15, 0.2) is 21.7 Å². The van der Waals surface area contributed by atoms with E-state index in [-0.39, 0.29) is 12.0 Å². The van der Waals surface area contributed by atoms with Gasteiger partial charge in [0.05, 0.1) is 6.54 Å². The molecule has 0 saturated carbocycles. The van der Waals surface area contributed by atoms with Gasteiger partial charge in [0.25, 0.3) is 0 Å². The van der Waals surface area contributed by atoms with Crippen LogP contribution >= 0.6 is 15.9 Å². The summed E-state index contributed by atoms with van der Waals surface area (Å²) in [6, 6.07) is 2.13. The quantitative estimate of drug-likeness (QED) is 0.493. The zero-order chi connectivity index (χ0) is 18.2. The molecule has 0 aromatic carbocycles. The maximum absolute atomic E-state index is 9.39. The zero-order valence-electron chi connectivity index (χ0n) is 15.8. The molecule has 1 aromatic heterocycles. The van der Waals surface area contributed by atoms with Gasteiger partial charge in [0.15, 0.2) is 5.96 Å². The first-order valence-corrected chi connectivity index (χ1v) is 9.61. The van der Waals surface area contributed by atoms with Gasteiger partial charge < -0.3 is 19.9 Å². The van der Waals surface area contributed by atoms with Crippen molar-refractivity contribution in [2.45, 2.75) is 46.6 Å². The van der Waals surface area contributed by atoms with Crippen molar-refractivity contribution in [3.05, 3.63) is 22.4 Å². The number of aromatic nitrogens is 1. The monoisotopic (exact) mass is 400 g/mol. The normalized spacial score (nSPS) is 12.5. The first-order valence-electron chi connectivity index (χ1n) is 8.82. The molecular weight excluding hydrogens is 368 g/mol. The van der Waals surface area contributed by atoms with E-state index < -0.39 is 0 Å². The molecule has 0 aliphatic heterocycles.